The molecule has 0 fully saturated rings. The molecule has 0 aliphatic carbocycles. The predicted octanol–water partition coefficient (Wildman–Crippen LogP) is 3.64. The normalized spacial score (nSPS) is 10.4. The summed E-state index contributed by atoms with van der Waals surface area (Å²) in [5.74, 6) is -0.180. The molecule has 0 saturated carbocycles. The number of hydrogen-bond acceptors (Lipinski definition) is 5. The smallest absolute Gasteiger partial charge is 0.306 e. The van der Waals surface area contributed by atoms with Crippen LogP contribution in [0, 0.1) is 0 Å². The zero-order chi connectivity index (χ0) is 12.1. The number of nitrogens with zero attached hydrogens (tertiary/aromatic N) is 1. The zero-order valence-corrected chi connectivity index (χ0v) is 12.1. The van der Waals surface area contributed by atoms with Gasteiger partial charge < -0.3 is 4.74 Å². The molecule has 0 bridgehead atoms. The number of carbonyl (C=O) groups excluding carboxylic acids is 1. The summed E-state index contributed by atoms with van der Waals surface area (Å²) in [7, 11) is 0. The Bertz CT molecular complexity index is 481. The molecule has 6 heteroatoms. The summed E-state index contributed by atoms with van der Waals surface area (Å²) < 4.78 is 6.21. The van der Waals surface area contributed by atoms with Crippen LogP contribution in [0.2, 0.25) is 0 Å². The van der Waals surface area contributed by atoms with Crippen molar-refractivity contribution in [2.45, 2.75) is 19.4 Å². The SMILES string of the molecule is O=C(CCc1cscn1)OCc1csc(Br)c1. The molecule has 0 aromatic carbocycles. The first-order valence-electron chi connectivity index (χ1n) is 4.99. The number of esters is 1. The number of hydrogen-bond donors (Lipinski definition) is 0. The van der Waals surface area contributed by atoms with Gasteiger partial charge in [0.05, 0.1) is 21.4 Å². The van der Waals surface area contributed by atoms with Gasteiger partial charge in [-0.15, -0.1) is 22.7 Å². The van der Waals surface area contributed by atoms with Crippen molar-refractivity contribution in [3.05, 3.63) is 37.4 Å². The van der Waals surface area contributed by atoms with Gasteiger partial charge in [-0.3, -0.25) is 4.79 Å². The molecule has 2 aromatic rings. The second-order valence-electron chi connectivity index (χ2n) is 3.40. The minimum Gasteiger partial charge on any atom is -0.461 e. The average Bonchev–Trinajstić information content (AvgIpc) is 2.95. The van der Waals surface area contributed by atoms with E-state index >= 15 is 0 Å². The van der Waals surface area contributed by atoms with Crippen LogP contribution in [0.3, 0.4) is 0 Å². The third-order valence-corrected chi connectivity index (χ3v) is 4.28. The van der Waals surface area contributed by atoms with Gasteiger partial charge in [-0.2, -0.15) is 0 Å². The van der Waals surface area contributed by atoms with Crippen molar-refractivity contribution in [3.63, 3.8) is 0 Å². The number of halogens is 1. The lowest BCUT2D eigenvalue weighted by Gasteiger charge is -2.02. The lowest BCUT2D eigenvalue weighted by molar-refractivity contribution is -0.144. The number of aromatic nitrogens is 1. The summed E-state index contributed by atoms with van der Waals surface area (Å²) in [5.41, 5.74) is 3.73. The second-order valence-corrected chi connectivity index (χ2v) is 6.41. The monoisotopic (exact) mass is 331 g/mol. The van der Waals surface area contributed by atoms with Gasteiger partial charge in [0.15, 0.2) is 0 Å². The average molecular weight is 332 g/mol. The molecule has 3 nitrogen and oxygen atoms in total. The van der Waals surface area contributed by atoms with Crippen LogP contribution in [0.4, 0.5) is 0 Å². The van der Waals surface area contributed by atoms with E-state index < -0.39 is 0 Å². The van der Waals surface area contributed by atoms with E-state index in [1.54, 1.807) is 16.8 Å². The minimum absolute atomic E-state index is 0.180. The Labute approximate surface area is 116 Å². The van der Waals surface area contributed by atoms with E-state index in [1.807, 2.05) is 16.8 Å². The van der Waals surface area contributed by atoms with Gasteiger partial charge >= 0.3 is 5.97 Å². The lowest BCUT2D eigenvalue weighted by Crippen LogP contribution is -2.05. The van der Waals surface area contributed by atoms with Crippen LogP contribution in [0.1, 0.15) is 17.7 Å². The fraction of sp³-hybridized carbons (Fsp3) is 0.273. The predicted molar refractivity (Wildman–Crippen MR) is 72.3 cm³/mol. The van der Waals surface area contributed by atoms with Crippen molar-refractivity contribution in [2.75, 3.05) is 0 Å². The quantitative estimate of drug-likeness (QED) is 0.785. The number of ether oxygens (including phenoxy) is 1. The van der Waals surface area contributed by atoms with Crippen LogP contribution in [0.15, 0.2) is 26.1 Å². The third-order valence-electron chi connectivity index (χ3n) is 2.09. The van der Waals surface area contributed by atoms with Crippen molar-refractivity contribution >= 4 is 44.6 Å². The standard InChI is InChI=1S/C11H10BrNO2S2/c12-10-3-8(5-17-10)4-15-11(14)2-1-9-6-16-7-13-9/h3,5-7H,1-2,4H2. The largest absolute Gasteiger partial charge is 0.461 e. The lowest BCUT2D eigenvalue weighted by atomic mass is 10.2. The molecule has 2 rings (SSSR count). The Morgan fingerprint density at radius 2 is 2.35 bits per heavy atom. The fourth-order valence-electron chi connectivity index (χ4n) is 1.25. The van der Waals surface area contributed by atoms with Crippen molar-refractivity contribution in [1.82, 2.24) is 4.98 Å². The zero-order valence-electron chi connectivity index (χ0n) is 8.89. The van der Waals surface area contributed by atoms with E-state index in [1.165, 1.54) is 11.3 Å². The van der Waals surface area contributed by atoms with Gasteiger partial charge in [-0.05, 0) is 27.4 Å². The molecule has 0 saturated heterocycles. The number of rotatable bonds is 5. The summed E-state index contributed by atoms with van der Waals surface area (Å²) in [6, 6.07) is 1.96. The highest BCUT2D eigenvalue weighted by atomic mass is 79.9. The number of carbonyl (C=O) groups is 1. The van der Waals surface area contributed by atoms with E-state index in [2.05, 4.69) is 20.9 Å². The van der Waals surface area contributed by atoms with Crippen LogP contribution in [-0.2, 0) is 22.6 Å². The first-order valence-corrected chi connectivity index (χ1v) is 7.61. The molecule has 0 N–H and O–H groups in total. The molecule has 2 aromatic heterocycles. The molecule has 0 amide bonds. The minimum atomic E-state index is -0.180. The molecule has 0 unspecified atom stereocenters. The van der Waals surface area contributed by atoms with Gasteiger partial charge in [-0.25, -0.2) is 4.98 Å². The molecule has 0 aliphatic rings. The summed E-state index contributed by atoms with van der Waals surface area (Å²) in [5, 5.41) is 3.92. The van der Waals surface area contributed by atoms with Gasteiger partial charge in [0.1, 0.15) is 6.61 Å². The molecule has 0 spiro atoms. The topological polar surface area (TPSA) is 39.2 Å². The Morgan fingerprint density at radius 1 is 1.47 bits per heavy atom. The van der Waals surface area contributed by atoms with Crippen LogP contribution in [0.25, 0.3) is 0 Å². The molecular weight excluding hydrogens is 322 g/mol. The highest BCUT2D eigenvalue weighted by molar-refractivity contribution is 9.11. The van der Waals surface area contributed by atoms with Gasteiger partial charge in [0.2, 0.25) is 0 Å². The number of thiazole rings is 1. The molecule has 2 heterocycles. The van der Waals surface area contributed by atoms with Crippen molar-refractivity contribution in [1.29, 1.82) is 0 Å². The maximum atomic E-state index is 11.5. The summed E-state index contributed by atoms with van der Waals surface area (Å²) in [6.45, 7) is 0.345. The molecule has 17 heavy (non-hydrogen) atoms. The highest BCUT2D eigenvalue weighted by Crippen LogP contribution is 2.21. The van der Waals surface area contributed by atoms with Gasteiger partial charge in [0.25, 0.3) is 0 Å². The second kappa shape index (κ2) is 6.28. The van der Waals surface area contributed by atoms with Gasteiger partial charge in [-0.1, -0.05) is 0 Å². The summed E-state index contributed by atoms with van der Waals surface area (Å²) in [6.07, 6.45) is 1.03. The first kappa shape index (κ1) is 12.7. The van der Waals surface area contributed by atoms with Crippen molar-refractivity contribution in [3.8, 4) is 0 Å². The van der Waals surface area contributed by atoms with Crippen LogP contribution >= 0.6 is 38.6 Å². The Kier molecular flexibility index (Phi) is 4.70. The molecule has 0 atom stereocenters. The third kappa shape index (κ3) is 4.22. The first-order chi connectivity index (χ1) is 8.24. The van der Waals surface area contributed by atoms with E-state index in [9.17, 15) is 4.79 Å². The number of aryl methyl sites for hydroxylation is 1. The molecule has 0 radical (unpaired) electrons. The number of thiophene rings is 1. The summed E-state index contributed by atoms with van der Waals surface area (Å²) in [4.78, 5) is 15.6. The van der Waals surface area contributed by atoms with E-state index in [0.29, 0.717) is 19.4 Å². The molecular formula is C11H10BrNO2S2. The van der Waals surface area contributed by atoms with Crippen molar-refractivity contribution in [2.24, 2.45) is 0 Å². The van der Waals surface area contributed by atoms with Crippen LogP contribution < -0.4 is 0 Å². The Balaban J connectivity index is 1.71. The highest BCUT2D eigenvalue weighted by Gasteiger charge is 2.06. The van der Waals surface area contributed by atoms with Crippen molar-refractivity contribution < 1.29 is 9.53 Å². The maximum absolute atomic E-state index is 11.5. The van der Waals surface area contributed by atoms with Gasteiger partial charge in [0, 0.05) is 17.4 Å². The van der Waals surface area contributed by atoms with Crippen LogP contribution in [-0.4, -0.2) is 11.0 Å². The van der Waals surface area contributed by atoms with E-state index in [0.717, 1.165) is 15.0 Å². The molecule has 90 valence electrons. The molecule has 0 aliphatic heterocycles. The Hall–Kier alpha value is -0.720. The Morgan fingerprint density at radius 3 is 3.00 bits per heavy atom. The summed E-state index contributed by atoms with van der Waals surface area (Å²) >= 11 is 6.49. The van der Waals surface area contributed by atoms with E-state index in [-0.39, 0.29) is 5.97 Å². The maximum Gasteiger partial charge on any atom is 0.306 e. The van der Waals surface area contributed by atoms with E-state index in [4.69, 9.17) is 4.74 Å². The fourth-order valence-corrected chi connectivity index (χ4v) is 3.04. The van der Waals surface area contributed by atoms with Crippen LogP contribution in [0.5, 0.6) is 0 Å².